The maximum atomic E-state index is 11.1. The first kappa shape index (κ1) is 13.4. The Morgan fingerprint density at radius 1 is 1.39 bits per heavy atom. The van der Waals surface area contributed by atoms with Crippen LogP contribution < -0.4 is 11.5 Å². The second-order valence-electron chi connectivity index (χ2n) is 4.81. The number of benzene rings is 1. The molecule has 0 saturated carbocycles. The molecule has 1 heterocycles. The Hall–Kier alpha value is -1.07. The van der Waals surface area contributed by atoms with Crippen molar-refractivity contribution >= 4 is 27.5 Å². The molecule has 1 aromatic rings. The lowest BCUT2D eigenvalue weighted by Gasteiger charge is -2.30. The number of carbonyl (C=O) groups excluding carboxylic acids is 1. The van der Waals surface area contributed by atoms with Crippen molar-refractivity contribution in [1.82, 2.24) is 4.90 Å². The fourth-order valence-electron chi connectivity index (χ4n) is 2.33. The van der Waals surface area contributed by atoms with Crippen molar-refractivity contribution in [3.8, 4) is 0 Å². The number of rotatable bonds is 3. The van der Waals surface area contributed by atoms with Crippen LogP contribution in [0.5, 0.6) is 0 Å². The summed E-state index contributed by atoms with van der Waals surface area (Å²) in [5.74, 6) is -0.112. The van der Waals surface area contributed by atoms with E-state index in [1.165, 1.54) is 5.56 Å². The van der Waals surface area contributed by atoms with Crippen LogP contribution in [0.4, 0.5) is 5.69 Å². The van der Waals surface area contributed by atoms with Gasteiger partial charge >= 0.3 is 0 Å². The third-order valence-corrected chi connectivity index (χ3v) is 4.18. The molecule has 98 valence electrons. The number of hydrogen-bond donors (Lipinski definition) is 2. The van der Waals surface area contributed by atoms with Crippen molar-refractivity contribution in [2.45, 2.75) is 19.4 Å². The zero-order chi connectivity index (χ0) is 13.1. The van der Waals surface area contributed by atoms with E-state index in [1.807, 2.05) is 12.1 Å². The fraction of sp³-hybridized carbons (Fsp3) is 0.462. The average molecular weight is 312 g/mol. The third-order valence-electron chi connectivity index (χ3n) is 3.46. The van der Waals surface area contributed by atoms with Crippen LogP contribution in [0.3, 0.4) is 0 Å². The summed E-state index contributed by atoms with van der Waals surface area (Å²) in [7, 11) is 0. The van der Waals surface area contributed by atoms with Gasteiger partial charge in [-0.05, 0) is 59.6 Å². The Bertz CT molecular complexity index is 442. The normalized spacial score (nSPS) is 17.8. The number of nitrogens with zero attached hydrogens (tertiary/aromatic N) is 1. The molecule has 1 amide bonds. The highest BCUT2D eigenvalue weighted by Gasteiger charge is 2.22. The molecule has 1 aliphatic rings. The molecular weight excluding hydrogens is 294 g/mol. The Morgan fingerprint density at radius 2 is 2.06 bits per heavy atom. The summed E-state index contributed by atoms with van der Waals surface area (Å²) in [5, 5.41) is 0. The Morgan fingerprint density at radius 3 is 2.61 bits per heavy atom. The summed E-state index contributed by atoms with van der Waals surface area (Å²) in [4.78, 5) is 13.4. The number of carbonyl (C=O) groups is 1. The molecule has 0 radical (unpaired) electrons. The van der Waals surface area contributed by atoms with E-state index in [0.717, 1.165) is 42.6 Å². The molecule has 5 heteroatoms. The van der Waals surface area contributed by atoms with Gasteiger partial charge in [0.05, 0.1) is 0 Å². The molecule has 0 aromatic heterocycles. The van der Waals surface area contributed by atoms with Crippen LogP contribution in [0.1, 0.15) is 18.4 Å². The number of amides is 1. The van der Waals surface area contributed by atoms with E-state index < -0.39 is 0 Å². The topological polar surface area (TPSA) is 72.4 Å². The molecule has 0 spiro atoms. The van der Waals surface area contributed by atoms with Gasteiger partial charge in [0.2, 0.25) is 5.91 Å². The maximum Gasteiger partial charge on any atom is 0.220 e. The molecule has 4 N–H and O–H groups in total. The van der Waals surface area contributed by atoms with E-state index in [0.29, 0.717) is 0 Å². The summed E-state index contributed by atoms with van der Waals surface area (Å²) in [6.45, 7) is 2.72. The largest absolute Gasteiger partial charge is 0.398 e. The SMILES string of the molecule is NC(=O)C1CCN(Cc2ccc(Br)c(N)c2)CC1. The molecule has 18 heavy (non-hydrogen) atoms. The lowest BCUT2D eigenvalue weighted by molar-refractivity contribution is -0.123. The van der Waals surface area contributed by atoms with Crippen LogP contribution in [-0.4, -0.2) is 23.9 Å². The second kappa shape index (κ2) is 5.71. The van der Waals surface area contributed by atoms with Crippen LogP contribution in [0.15, 0.2) is 22.7 Å². The molecule has 0 atom stereocenters. The van der Waals surface area contributed by atoms with E-state index in [1.54, 1.807) is 0 Å². The van der Waals surface area contributed by atoms with Crippen LogP contribution in [0.25, 0.3) is 0 Å². The summed E-state index contributed by atoms with van der Waals surface area (Å²) < 4.78 is 0.929. The number of piperidine rings is 1. The molecule has 0 bridgehead atoms. The van der Waals surface area contributed by atoms with E-state index in [-0.39, 0.29) is 11.8 Å². The number of primary amides is 1. The van der Waals surface area contributed by atoms with Crippen molar-refractivity contribution in [2.75, 3.05) is 18.8 Å². The van der Waals surface area contributed by atoms with Crippen LogP contribution in [-0.2, 0) is 11.3 Å². The number of nitrogens with two attached hydrogens (primary N) is 2. The summed E-state index contributed by atoms with van der Waals surface area (Å²) in [6.07, 6.45) is 1.72. The summed E-state index contributed by atoms with van der Waals surface area (Å²) in [5.41, 5.74) is 13.1. The average Bonchev–Trinajstić information content (AvgIpc) is 2.34. The Labute approximate surface area is 115 Å². The van der Waals surface area contributed by atoms with Crippen molar-refractivity contribution in [3.05, 3.63) is 28.2 Å². The zero-order valence-corrected chi connectivity index (χ0v) is 11.8. The van der Waals surface area contributed by atoms with Gasteiger partial charge < -0.3 is 11.5 Å². The highest BCUT2D eigenvalue weighted by atomic mass is 79.9. The van der Waals surface area contributed by atoms with E-state index in [2.05, 4.69) is 26.9 Å². The van der Waals surface area contributed by atoms with Gasteiger partial charge in [0.25, 0.3) is 0 Å². The second-order valence-corrected chi connectivity index (χ2v) is 5.66. The van der Waals surface area contributed by atoms with E-state index in [9.17, 15) is 4.79 Å². The summed E-state index contributed by atoms with van der Waals surface area (Å²) >= 11 is 3.39. The number of likely N-dealkylation sites (tertiary alicyclic amines) is 1. The number of anilines is 1. The minimum atomic E-state index is -0.164. The molecule has 1 aliphatic heterocycles. The summed E-state index contributed by atoms with van der Waals surface area (Å²) in [6, 6.07) is 6.03. The van der Waals surface area contributed by atoms with Crippen LogP contribution >= 0.6 is 15.9 Å². The highest BCUT2D eigenvalue weighted by molar-refractivity contribution is 9.10. The smallest absolute Gasteiger partial charge is 0.220 e. The first-order valence-electron chi connectivity index (χ1n) is 6.12. The van der Waals surface area contributed by atoms with E-state index >= 15 is 0 Å². The number of nitrogen functional groups attached to an aromatic ring is 1. The Kier molecular flexibility index (Phi) is 4.24. The monoisotopic (exact) mass is 311 g/mol. The van der Waals surface area contributed by atoms with E-state index in [4.69, 9.17) is 11.5 Å². The Balaban J connectivity index is 1.91. The van der Waals surface area contributed by atoms with Gasteiger partial charge in [0.15, 0.2) is 0 Å². The minimum Gasteiger partial charge on any atom is -0.398 e. The lowest BCUT2D eigenvalue weighted by Crippen LogP contribution is -2.38. The van der Waals surface area contributed by atoms with Crippen LogP contribution in [0, 0.1) is 5.92 Å². The standard InChI is InChI=1S/C13H18BrN3O/c14-11-2-1-9(7-12(11)15)8-17-5-3-10(4-6-17)13(16)18/h1-2,7,10H,3-6,8,15H2,(H2,16,18). The van der Waals surface area contributed by atoms with Gasteiger partial charge in [0.1, 0.15) is 0 Å². The third kappa shape index (κ3) is 3.23. The van der Waals surface area contributed by atoms with Gasteiger partial charge in [-0.3, -0.25) is 9.69 Å². The quantitative estimate of drug-likeness (QED) is 0.835. The number of hydrogen-bond acceptors (Lipinski definition) is 3. The molecule has 1 fully saturated rings. The first-order chi connectivity index (χ1) is 8.56. The predicted molar refractivity (Wildman–Crippen MR) is 75.7 cm³/mol. The van der Waals surface area contributed by atoms with Crippen LogP contribution in [0.2, 0.25) is 0 Å². The van der Waals surface area contributed by atoms with Crippen molar-refractivity contribution in [2.24, 2.45) is 11.7 Å². The molecule has 0 unspecified atom stereocenters. The molecule has 1 saturated heterocycles. The highest BCUT2D eigenvalue weighted by Crippen LogP contribution is 2.23. The molecular formula is C13H18BrN3O. The zero-order valence-electron chi connectivity index (χ0n) is 10.2. The predicted octanol–water partition coefficient (Wildman–Crippen LogP) is 1.73. The molecule has 4 nitrogen and oxygen atoms in total. The van der Waals surface area contributed by atoms with Crippen molar-refractivity contribution in [1.29, 1.82) is 0 Å². The lowest BCUT2D eigenvalue weighted by atomic mass is 9.96. The van der Waals surface area contributed by atoms with Gasteiger partial charge in [-0.2, -0.15) is 0 Å². The van der Waals surface area contributed by atoms with Gasteiger partial charge in [-0.15, -0.1) is 0 Å². The van der Waals surface area contributed by atoms with Crippen molar-refractivity contribution in [3.63, 3.8) is 0 Å². The molecule has 0 aliphatic carbocycles. The minimum absolute atomic E-state index is 0.0521. The first-order valence-corrected chi connectivity index (χ1v) is 6.91. The van der Waals surface area contributed by atoms with Gasteiger partial charge in [-0.1, -0.05) is 6.07 Å². The number of halogens is 1. The van der Waals surface area contributed by atoms with Gasteiger partial charge in [0, 0.05) is 22.6 Å². The molecule has 2 rings (SSSR count). The van der Waals surface area contributed by atoms with Crippen molar-refractivity contribution < 1.29 is 4.79 Å². The van der Waals surface area contributed by atoms with Gasteiger partial charge in [-0.25, -0.2) is 0 Å². The maximum absolute atomic E-state index is 11.1. The fourth-order valence-corrected chi connectivity index (χ4v) is 2.57. The molecule has 1 aromatic carbocycles.